The van der Waals surface area contributed by atoms with Crippen molar-refractivity contribution >= 4 is 31.9 Å². The van der Waals surface area contributed by atoms with Gasteiger partial charge in [0.1, 0.15) is 0 Å². The molecule has 2 rings (SSSR count). The lowest BCUT2D eigenvalue weighted by Crippen LogP contribution is -2.23. The second-order valence-electron chi connectivity index (χ2n) is 2.55. The van der Waals surface area contributed by atoms with Crippen LogP contribution in [0.1, 0.15) is 0 Å². The van der Waals surface area contributed by atoms with Crippen molar-refractivity contribution in [1.82, 2.24) is 4.98 Å². The van der Waals surface area contributed by atoms with Crippen LogP contribution >= 0.6 is 31.9 Å². The Bertz CT molecular complexity index is 392. The van der Waals surface area contributed by atoms with Gasteiger partial charge in [0.25, 0.3) is 0 Å². The fourth-order valence-electron chi connectivity index (χ4n) is 0.769. The lowest BCUT2D eigenvalue weighted by Gasteiger charge is -1.91. The van der Waals surface area contributed by atoms with Crippen LogP contribution in [0.3, 0.4) is 0 Å². The Balaban J connectivity index is 0.000000151. The number of pyridine rings is 2. The summed E-state index contributed by atoms with van der Waals surface area (Å²) in [6, 6.07) is 7.29. The molecule has 3 nitrogen and oxygen atoms in total. The molecular weight excluding hydrogens is 324 g/mol. The number of nitrogens with zero attached hydrogens (tertiary/aromatic N) is 2. The van der Waals surface area contributed by atoms with E-state index in [4.69, 9.17) is 0 Å². The molecule has 0 spiro atoms. The largest absolute Gasteiger partial charge is 0.619 e. The van der Waals surface area contributed by atoms with Crippen LogP contribution in [0.2, 0.25) is 0 Å². The minimum absolute atomic E-state index is 0.740. The zero-order chi connectivity index (χ0) is 11.1. The smallest absolute Gasteiger partial charge is 0.194 e. The molecule has 0 saturated carbocycles. The second kappa shape index (κ2) is 6.53. The van der Waals surface area contributed by atoms with Gasteiger partial charge in [-0.05, 0) is 50.1 Å². The predicted octanol–water partition coefficient (Wildman–Crippen LogP) is 2.93. The van der Waals surface area contributed by atoms with E-state index in [-0.39, 0.29) is 0 Å². The fraction of sp³-hybridized carbons (Fsp3) is 0. The highest BCUT2D eigenvalue weighted by atomic mass is 79.9. The highest BCUT2D eigenvalue weighted by molar-refractivity contribution is 9.10. The van der Waals surface area contributed by atoms with Gasteiger partial charge in [-0.2, -0.15) is 4.73 Å². The van der Waals surface area contributed by atoms with Crippen LogP contribution in [0.15, 0.2) is 58.0 Å². The first-order valence-corrected chi connectivity index (χ1v) is 5.67. The van der Waals surface area contributed by atoms with E-state index < -0.39 is 0 Å². The number of aromatic nitrogens is 2. The van der Waals surface area contributed by atoms with Gasteiger partial charge in [-0.3, -0.25) is 4.98 Å². The molecule has 0 radical (unpaired) electrons. The van der Waals surface area contributed by atoms with Gasteiger partial charge in [0, 0.05) is 22.9 Å². The number of rotatable bonds is 0. The Morgan fingerprint density at radius 3 is 2.20 bits per heavy atom. The molecule has 2 aromatic heterocycles. The molecule has 78 valence electrons. The molecule has 0 N–H and O–H groups in total. The molecule has 0 aliphatic carbocycles. The minimum Gasteiger partial charge on any atom is -0.619 e. The van der Waals surface area contributed by atoms with E-state index in [9.17, 15) is 5.21 Å². The molecule has 15 heavy (non-hydrogen) atoms. The molecule has 0 amide bonds. The quantitative estimate of drug-likeness (QED) is 0.550. The van der Waals surface area contributed by atoms with Crippen molar-refractivity contribution in [2.24, 2.45) is 0 Å². The maximum Gasteiger partial charge on any atom is 0.194 e. The number of hydrogen-bond donors (Lipinski definition) is 0. The molecule has 5 heteroatoms. The van der Waals surface area contributed by atoms with E-state index in [1.807, 2.05) is 12.1 Å². The van der Waals surface area contributed by atoms with E-state index >= 15 is 0 Å². The molecule has 0 saturated heterocycles. The van der Waals surface area contributed by atoms with Gasteiger partial charge in [-0.25, -0.2) is 0 Å². The van der Waals surface area contributed by atoms with E-state index in [2.05, 4.69) is 36.8 Å². The van der Waals surface area contributed by atoms with Crippen molar-refractivity contribution in [3.05, 3.63) is 63.2 Å². The van der Waals surface area contributed by atoms with Crippen LogP contribution < -0.4 is 4.73 Å². The summed E-state index contributed by atoms with van der Waals surface area (Å²) in [7, 11) is 0. The fourth-order valence-corrected chi connectivity index (χ4v) is 1.39. The molecule has 0 aliphatic heterocycles. The summed E-state index contributed by atoms with van der Waals surface area (Å²) >= 11 is 6.39. The Labute approximate surface area is 105 Å². The third-order valence-corrected chi connectivity index (χ3v) is 2.30. The van der Waals surface area contributed by atoms with Gasteiger partial charge < -0.3 is 5.21 Å². The summed E-state index contributed by atoms with van der Waals surface area (Å²) in [5.74, 6) is 0. The van der Waals surface area contributed by atoms with Gasteiger partial charge in [0.2, 0.25) is 0 Å². The zero-order valence-electron chi connectivity index (χ0n) is 7.68. The van der Waals surface area contributed by atoms with Crippen molar-refractivity contribution in [3.63, 3.8) is 0 Å². The lowest BCUT2D eigenvalue weighted by atomic mass is 10.5. The van der Waals surface area contributed by atoms with Gasteiger partial charge in [-0.15, -0.1) is 0 Å². The van der Waals surface area contributed by atoms with Crippen molar-refractivity contribution in [3.8, 4) is 0 Å². The lowest BCUT2D eigenvalue weighted by molar-refractivity contribution is -0.606. The molecule has 2 heterocycles. The average molecular weight is 332 g/mol. The molecule has 2 aromatic rings. The second-order valence-corrected chi connectivity index (χ2v) is 4.38. The normalized spacial score (nSPS) is 8.93. The average Bonchev–Trinajstić information content (AvgIpc) is 2.19. The topological polar surface area (TPSA) is 39.8 Å². The monoisotopic (exact) mass is 330 g/mol. The van der Waals surface area contributed by atoms with Crippen molar-refractivity contribution in [2.45, 2.75) is 0 Å². The van der Waals surface area contributed by atoms with Crippen LogP contribution in [0.5, 0.6) is 0 Å². The van der Waals surface area contributed by atoms with Crippen LogP contribution in [-0.2, 0) is 0 Å². The van der Waals surface area contributed by atoms with Crippen LogP contribution in [0, 0.1) is 5.21 Å². The number of hydrogen-bond acceptors (Lipinski definition) is 2. The maximum atomic E-state index is 10.4. The highest BCUT2D eigenvalue weighted by Crippen LogP contribution is 2.03. The summed E-state index contributed by atoms with van der Waals surface area (Å²) < 4.78 is 2.56. The van der Waals surface area contributed by atoms with Crippen LogP contribution in [-0.4, -0.2) is 4.98 Å². The minimum atomic E-state index is 0.740. The molecule has 0 bridgehead atoms. The maximum absolute atomic E-state index is 10.4. The Kier molecular flexibility index (Phi) is 5.28. The standard InChI is InChI=1S/C5H4BrNO.C5H4BrN/c6-5-2-1-3-7(8)4-5;6-5-2-1-3-7-4-5/h1-4H;1-4H. The van der Waals surface area contributed by atoms with Gasteiger partial charge >= 0.3 is 0 Å². The summed E-state index contributed by atoms with van der Waals surface area (Å²) in [6.07, 6.45) is 6.37. The Morgan fingerprint density at radius 2 is 1.87 bits per heavy atom. The molecule has 0 aromatic carbocycles. The SMILES string of the molecule is Brc1cccnc1.[O-][n+]1cccc(Br)c1. The van der Waals surface area contributed by atoms with E-state index in [1.165, 1.54) is 12.4 Å². The van der Waals surface area contributed by atoms with Gasteiger partial charge in [0.05, 0.1) is 4.47 Å². The summed E-state index contributed by atoms with van der Waals surface area (Å²) in [5, 5.41) is 10.4. The van der Waals surface area contributed by atoms with Gasteiger partial charge in [0.15, 0.2) is 12.4 Å². The van der Waals surface area contributed by atoms with E-state index in [0.717, 1.165) is 13.7 Å². The first kappa shape index (κ1) is 12.1. The Hall–Kier alpha value is -0.940. The summed E-state index contributed by atoms with van der Waals surface area (Å²) in [4.78, 5) is 3.84. The van der Waals surface area contributed by atoms with Gasteiger partial charge in [-0.1, -0.05) is 0 Å². The molecule has 0 fully saturated rings. The molecule has 0 atom stereocenters. The van der Waals surface area contributed by atoms with Crippen molar-refractivity contribution < 1.29 is 4.73 Å². The Morgan fingerprint density at radius 1 is 1.13 bits per heavy atom. The molecule has 0 aliphatic rings. The molecule has 0 unspecified atom stereocenters. The van der Waals surface area contributed by atoms with E-state index in [1.54, 1.807) is 24.5 Å². The van der Waals surface area contributed by atoms with Crippen LogP contribution in [0.25, 0.3) is 0 Å². The summed E-state index contributed by atoms with van der Waals surface area (Å²) in [5.41, 5.74) is 0. The molecular formula is C10H8Br2N2O. The van der Waals surface area contributed by atoms with Crippen molar-refractivity contribution in [2.75, 3.05) is 0 Å². The highest BCUT2D eigenvalue weighted by Gasteiger charge is 1.87. The zero-order valence-corrected chi connectivity index (χ0v) is 10.8. The third-order valence-electron chi connectivity index (χ3n) is 1.36. The summed E-state index contributed by atoms with van der Waals surface area (Å²) in [6.45, 7) is 0. The predicted molar refractivity (Wildman–Crippen MR) is 65.0 cm³/mol. The third kappa shape index (κ3) is 5.49. The van der Waals surface area contributed by atoms with Crippen LogP contribution in [0.4, 0.5) is 0 Å². The number of halogens is 2. The van der Waals surface area contributed by atoms with Crippen molar-refractivity contribution in [1.29, 1.82) is 0 Å². The van der Waals surface area contributed by atoms with E-state index in [0.29, 0.717) is 0 Å². The first-order valence-electron chi connectivity index (χ1n) is 4.08. The first-order chi connectivity index (χ1) is 7.18.